The average Bonchev–Trinajstić information content (AvgIpc) is 2.79. The van der Waals surface area contributed by atoms with E-state index in [4.69, 9.17) is 14.2 Å². The number of methoxy groups -OCH3 is 1. The van der Waals surface area contributed by atoms with Crippen molar-refractivity contribution in [1.29, 1.82) is 0 Å². The van der Waals surface area contributed by atoms with Crippen LogP contribution in [0.1, 0.15) is 23.2 Å². The Balaban J connectivity index is 1.84. The maximum atomic E-state index is 11.8. The summed E-state index contributed by atoms with van der Waals surface area (Å²) >= 11 is 0. The van der Waals surface area contributed by atoms with Gasteiger partial charge in [0.15, 0.2) is 5.79 Å². The first-order valence-corrected chi connectivity index (χ1v) is 6.84. The number of benzene rings is 1. The van der Waals surface area contributed by atoms with Crippen molar-refractivity contribution < 1.29 is 29.2 Å². The highest BCUT2D eigenvalue weighted by molar-refractivity contribution is 5.89. The summed E-state index contributed by atoms with van der Waals surface area (Å²) in [6.45, 7) is 0.254. The number of rotatable bonds is 6. The van der Waals surface area contributed by atoms with Gasteiger partial charge in [-0.3, -0.25) is 0 Å². The van der Waals surface area contributed by atoms with E-state index in [1.54, 1.807) is 24.3 Å². The number of carbonyl (C=O) groups is 1. The summed E-state index contributed by atoms with van der Waals surface area (Å²) in [5, 5.41) is 20.0. The highest BCUT2D eigenvalue weighted by Crippen LogP contribution is 2.31. The number of esters is 1. The van der Waals surface area contributed by atoms with E-state index in [0.29, 0.717) is 5.56 Å². The molecule has 116 valence electrons. The molecule has 1 aliphatic heterocycles. The molecule has 0 amide bonds. The van der Waals surface area contributed by atoms with E-state index in [1.807, 2.05) is 6.07 Å². The molecule has 1 saturated heterocycles. The van der Waals surface area contributed by atoms with E-state index in [0.717, 1.165) is 0 Å². The third-order valence-corrected chi connectivity index (χ3v) is 3.45. The summed E-state index contributed by atoms with van der Waals surface area (Å²) in [5.74, 6) is -2.10. The number of aliphatic hydroxyl groups is 2. The van der Waals surface area contributed by atoms with Crippen molar-refractivity contribution in [1.82, 2.24) is 0 Å². The lowest BCUT2D eigenvalue weighted by atomic mass is 10.1. The maximum absolute atomic E-state index is 11.8. The van der Waals surface area contributed by atoms with Gasteiger partial charge in [0.05, 0.1) is 18.3 Å². The zero-order valence-corrected chi connectivity index (χ0v) is 11.9. The van der Waals surface area contributed by atoms with Crippen molar-refractivity contribution >= 4 is 5.97 Å². The molecule has 1 unspecified atom stereocenters. The van der Waals surface area contributed by atoms with Crippen molar-refractivity contribution in [2.75, 3.05) is 20.3 Å². The van der Waals surface area contributed by atoms with Crippen LogP contribution in [0.4, 0.5) is 0 Å². The van der Waals surface area contributed by atoms with Crippen LogP contribution in [0.15, 0.2) is 30.3 Å². The van der Waals surface area contributed by atoms with E-state index >= 15 is 0 Å². The standard InChI is InChI=1S/C15H20O6/c1-19-8-7-15(18)13(16)9-12(21-15)10-20-14(17)11-5-3-2-4-6-11/h2-6,12-13,16,18H,7-10H2,1H3/t12-,13+,15?/m0/s1. The van der Waals surface area contributed by atoms with Gasteiger partial charge in [-0.15, -0.1) is 0 Å². The lowest BCUT2D eigenvalue weighted by Gasteiger charge is -2.25. The third-order valence-electron chi connectivity index (χ3n) is 3.45. The van der Waals surface area contributed by atoms with E-state index in [9.17, 15) is 15.0 Å². The van der Waals surface area contributed by atoms with E-state index in [1.165, 1.54) is 7.11 Å². The number of hydrogen-bond donors (Lipinski definition) is 2. The van der Waals surface area contributed by atoms with Gasteiger partial charge in [0.1, 0.15) is 12.7 Å². The molecule has 1 aromatic carbocycles. The second-order valence-electron chi connectivity index (χ2n) is 5.04. The number of hydrogen-bond acceptors (Lipinski definition) is 6. The molecule has 2 N–H and O–H groups in total. The molecule has 0 bridgehead atoms. The van der Waals surface area contributed by atoms with Crippen LogP contribution in [-0.2, 0) is 14.2 Å². The Labute approximate surface area is 123 Å². The Morgan fingerprint density at radius 1 is 1.43 bits per heavy atom. The van der Waals surface area contributed by atoms with Crippen molar-refractivity contribution in [3.05, 3.63) is 35.9 Å². The molecule has 6 nitrogen and oxygen atoms in total. The summed E-state index contributed by atoms with van der Waals surface area (Å²) in [4.78, 5) is 11.8. The minimum atomic E-state index is -1.64. The van der Waals surface area contributed by atoms with Gasteiger partial charge in [0.2, 0.25) is 0 Å². The van der Waals surface area contributed by atoms with Gasteiger partial charge < -0.3 is 24.4 Å². The van der Waals surface area contributed by atoms with Crippen LogP contribution in [-0.4, -0.2) is 54.5 Å². The molecule has 0 aliphatic carbocycles. The number of carbonyl (C=O) groups excluding carboxylic acids is 1. The van der Waals surface area contributed by atoms with E-state index < -0.39 is 24.0 Å². The molecule has 2 rings (SSSR count). The van der Waals surface area contributed by atoms with E-state index in [-0.39, 0.29) is 26.1 Å². The third kappa shape index (κ3) is 4.01. The van der Waals surface area contributed by atoms with Crippen LogP contribution in [0.25, 0.3) is 0 Å². The Kier molecular flexibility index (Phi) is 5.30. The fourth-order valence-corrected chi connectivity index (χ4v) is 2.25. The van der Waals surface area contributed by atoms with Gasteiger partial charge >= 0.3 is 5.97 Å². The zero-order valence-electron chi connectivity index (χ0n) is 11.9. The van der Waals surface area contributed by atoms with Crippen molar-refractivity contribution in [3.8, 4) is 0 Å². The van der Waals surface area contributed by atoms with Crippen LogP contribution >= 0.6 is 0 Å². The normalized spacial score (nSPS) is 28.5. The van der Waals surface area contributed by atoms with Crippen molar-refractivity contribution in [3.63, 3.8) is 0 Å². The molecular weight excluding hydrogens is 276 g/mol. The highest BCUT2D eigenvalue weighted by atomic mass is 16.7. The monoisotopic (exact) mass is 296 g/mol. The van der Waals surface area contributed by atoms with Crippen LogP contribution in [0, 0.1) is 0 Å². The zero-order chi connectivity index (χ0) is 15.3. The second kappa shape index (κ2) is 7.00. The van der Waals surface area contributed by atoms with Gasteiger partial charge in [0, 0.05) is 20.0 Å². The van der Waals surface area contributed by atoms with Crippen molar-refractivity contribution in [2.24, 2.45) is 0 Å². The molecule has 1 fully saturated rings. The maximum Gasteiger partial charge on any atom is 0.338 e. The van der Waals surface area contributed by atoms with Gasteiger partial charge in [-0.05, 0) is 12.1 Å². The molecule has 3 atom stereocenters. The molecular formula is C15H20O6. The van der Waals surface area contributed by atoms with Crippen LogP contribution < -0.4 is 0 Å². The first-order valence-electron chi connectivity index (χ1n) is 6.84. The van der Waals surface area contributed by atoms with Crippen LogP contribution in [0.2, 0.25) is 0 Å². The Bertz CT molecular complexity index is 462. The molecule has 1 heterocycles. The highest BCUT2D eigenvalue weighted by Gasteiger charge is 2.46. The van der Waals surface area contributed by atoms with Crippen molar-refractivity contribution in [2.45, 2.75) is 30.8 Å². The number of ether oxygens (including phenoxy) is 3. The SMILES string of the molecule is COCCC1(O)O[C@H](COC(=O)c2ccccc2)C[C@H]1O. The fraction of sp³-hybridized carbons (Fsp3) is 0.533. The Morgan fingerprint density at radius 3 is 2.81 bits per heavy atom. The molecule has 6 heteroatoms. The second-order valence-corrected chi connectivity index (χ2v) is 5.04. The minimum Gasteiger partial charge on any atom is -0.459 e. The largest absolute Gasteiger partial charge is 0.459 e. The van der Waals surface area contributed by atoms with Gasteiger partial charge in [0.25, 0.3) is 0 Å². The summed E-state index contributed by atoms with van der Waals surface area (Å²) in [6, 6.07) is 8.61. The Hall–Kier alpha value is -1.47. The van der Waals surface area contributed by atoms with Crippen LogP contribution in [0.3, 0.4) is 0 Å². The summed E-state index contributed by atoms with van der Waals surface area (Å²) in [7, 11) is 1.50. The van der Waals surface area contributed by atoms with Gasteiger partial charge in [-0.25, -0.2) is 4.79 Å². The van der Waals surface area contributed by atoms with E-state index in [2.05, 4.69) is 0 Å². The lowest BCUT2D eigenvalue weighted by molar-refractivity contribution is -0.237. The first-order chi connectivity index (χ1) is 10.0. The molecule has 0 aromatic heterocycles. The molecule has 0 spiro atoms. The average molecular weight is 296 g/mol. The van der Waals surface area contributed by atoms with Gasteiger partial charge in [-0.1, -0.05) is 18.2 Å². The number of aliphatic hydroxyl groups excluding tert-OH is 1. The van der Waals surface area contributed by atoms with Gasteiger partial charge in [-0.2, -0.15) is 0 Å². The molecule has 21 heavy (non-hydrogen) atoms. The molecule has 1 aromatic rings. The topological polar surface area (TPSA) is 85.2 Å². The first kappa shape index (κ1) is 15.9. The quantitative estimate of drug-likeness (QED) is 0.752. The summed E-state index contributed by atoms with van der Waals surface area (Å²) in [5.41, 5.74) is 0.450. The molecule has 0 radical (unpaired) electrons. The van der Waals surface area contributed by atoms with Crippen LogP contribution in [0.5, 0.6) is 0 Å². The fourth-order valence-electron chi connectivity index (χ4n) is 2.25. The Morgan fingerprint density at radius 2 is 2.14 bits per heavy atom. The lowest BCUT2D eigenvalue weighted by Crippen LogP contribution is -2.40. The molecule has 0 saturated carbocycles. The predicted octanol–water partition coefficient (Wildman–Crippen LogP) is 0.718. The smallest absolute Gasteiger partial charge is 0.338 e. The summed E-state index contributed by atoms with van der Waals surface area (Å²) in [6.07, 6.45) is -1.18. The summed E-state index contributed by atoms with van der Waals surface area (Å²) < 4.78 is 15.4. The predicted molar refractivity (Wildman–Crippen MR) is 73.7 cm³/mol. The molecule has 1 aliphatic rings. The minimum absolute atomic E-state index is 0.0138.